The van der Waals surface area contributed by atoms with Gasteiger partial charge < -0.3 is 23.9 Å². The number of ether oxygens (including phenoxy) is 3. The minimum Gasteiger partial charge on any atom is -0.497 e. The van der Waals surface area contributed by atoms with Crippen molar-refractivity contribution in [2.75, 3.05) is 19.5 Å². The molecule has 6 heteroatoms. The van der Waals surface area contributed by atoms with Gasteiger partial charge in [-0.25, -0.2) is 0 Å². The van der Waals surface area contributed by atoms with Crippen molar-refractivity contribution in [2.45, 2.75) is 6.61 Å². The number of amides is 1. The normalized spacial score (nSPS) is 10.9. The van der Waals surface area contributed by atoms with Gasteiger partial charge >= 0.3 is 0 Å². The molecule has 1 amide bonds. The summed E-state index contributed by atoms with van der Waals surface area (Å²) >= 11 is 0. The van der Waals surface area contributed by atoms with Gasteiger partial charge in [-0.05, 0) is 54.1 Å². The van der Waals surface area contributed by atoms with Crippen LogP contribution in [0.4, 0.5) is 5.69 Å². The van der Waals surface area contributed by atoms with Crippen LogP contribution in [0.1, 0.15) is 15.9 Å². The molecule has 0 spiro atoms. The van der Waals surface area contributed by atoms with Crippen LogP contribution in [0.2, 0.25) is 0 Å². The van der Waals surface area contributed by atoms with Crippen LogP contribution in [-0.4, -0.2) is 20.1 Å². The third-order valence-electron chi connectivity index (χ3n) is 5.60. The molecule has 0 atom stereocenters. The average molecular weight is 453 g/mol. The van der Waals surface area contributed by atoms with Gasteiger partial charge in [0.05, 0.1) is 19.9 Å². The first kappa shape index (κ1) is 21.4. The van der Waals surface area contributed by atoms with Gasteiger partial charge in [0.15, 0.2) is 0 Å². The number of rotatable bonds is 7. The van der Waals surface area contributed by atoms with Crippen LogP contribution in [0.15, 0.2) is 89.3 Å². The van der Waals surface area contributed by atoms with E-state index >= 15 is 0 Å². The topological polar surface area (TPSA) is 69.9 Å². The van der Waals surface area contributed by atoms with E-state index in [0.29, 0.717) is 29.2 Å². The molecule has 0 saturated heterocycles. The zero-order chi connectivity index (χ0) is 23.5. The minimum atomic E-state index is -0.250. The smallest absolute Gasteiger partial charge is 0.255 e. The zero-order valence-electron chi connectivity index (χ0n) is 18.8. The Hall–Kier alpha value is -4.45. The van der Waals surface area contributed by atoms with E-state index in [4.69, 9.17) is 18.6 Å². The second kappa shape index (κ2) is 9.19. The highest BCUT2D eigenvalue weighted by Gasteiger charge is 2.15. The van der Waals surface area contributed by atoms with E-state index in [1.165, 1.54) is 0 Å². The molecule has 0 aliphatic carbocycles. The van der Waals surface area contributed by atoms with E-state index in [1.54, 1.807) is 26.4 Å². The summed E-state index contributed by atoms with van der Waals surface area (Å²) in [5.41, 5.74) is 3.40. The van der Waals surface area contributed by atoms with Gasteiger partial charge in [0.2, 0.25) is 0 Å². The molecule has 0 unspecified atom stereocenters. The highest BCUT2D eigenvalue weighted by atomic mass is 16.5. The SMILES string of the molecule is COc1ccc(OCc2cccc(C(=O)Nc3cc4oc5ccccc5c4cc3OC)c2)cc1. The van der Waals surface area contributed by atoms with Crippen molar-refractivity contribution >= 4 is 33.5 Å². The molecular formula is C28H23NO5. The molecule has 5 rings (SSSR count). The first-order chi connectivity index (χ1) is 16.6. The lowest BCUT2D eigenvalue weighted by Crippen LogP contribution is -2.13. The third kappa shape index (κ3) is 4.26. The Labute approximate surface area is 196 Å². The molecule has 1 heterocycles. The summed E-state index contributed by atoms with van der Waals surface area (Å²) < 4.78 is 22.5. The zero-order valence-corrected chi connectivity index (χ0v) is 18.8. The molecule has 1 N–H and O–H groups in total. The molecule has 0 saturated carbocycles. The van der Waals surface area contributed by atoms with Crippen LogP contribution in [-0.2, 0) is 6.61 Å². The Kier molecular flexibility index (Phi) is 5.79. The van der Waals surface area contributed by atoms with E-state index in [-0.39, 0.29) is 5.91 Å². The number of anilines is 1. The van der Waals surface area contributed by atoms with Crippen molar-refractivity contribution < 1.29 is 23.4 Å². The average Bonchev–Trinajstić information content (AvgIpc) is 3.24. The molecule has 0 aliphatic heterocycles. The molecule has 0 radical (unpaired) electrons. The molecule has 5 aromatic rings. The van der Waals surface area contributed by atoms with Crippen LogP contribution in [0.25, 0.3) is 21.9 Å². The summed E-state index contributed by atoms with van der Waals surface area (Å²) in [7, 11) is 3.20. The number of nitrogens with one attached hydrogen (secondary N) is 1. The predicted octanol–water partition coefficient (Wildman–Crippen LogP) is 6.43. The minimum absolute atomic E-state index is 0.250. The summed E-state index contributed by atoms with van der Waals surface area (Å²) in [6.45, 7) is 0.335. The Balaban J connectivity index is 1.35. The molecule has 34 heavy (non-hydrogen) atoms. The van der Waals surface area contributed by atoms with Gasteiger partial charge in [-0.1, -0.05) is 30.3 Å². The second-order valence-electron chi connectivity index (χ2n) is 7.77. The van der Waals surface area contributed by atoms with Crippen LogP contribution in [0.5, 0.6) is 17.2 Å². The maximum absolute atomic E-state index is 13.0. The van der Waals surface area contributed by atoms with Crippen molar-refractivity contribution in [3.05, 3.63) is 96.1 Å². The standard InChI is InChI=1S/C28H23NO5/c1-31-20-10-12-21(13-11-20)33-17-18-6-5-7-19(14-18)28(30)29-24-16-26-23(15-27(24)32-2)22-8-3-4-9-25(22)34-26/h3-16H,17H2,1-2H3,(H,29,30). The molecule has 6 nitrogen and oxygen atoms in total. The van der Waals surface area contributed by atoms with Crippen molar-refractivity contribution in [3.8, 4) is 17.2 Å². The van der Waals surface area contributed by atoms with Gasteiger partial charge in [0.25, 0.3) is 5.91 Å². The molecule has 0 bridgehead atoms. The fourth-order valence-electron chi connectivity index (χ4n) is 3.85. The fourth-order valence-corrected chi connectivity index (χ4v) is 3.85. The van der Waals surface area contributed by atoms with Gasteiger partial charge in [0.1, 0.15) is 35.0 Å². The largest absolute Gasteiger partial charge is 0.497 e. The first-order valence-corrected chi connectivity index (χ1v) is 10.8. The van der Waals surface area contributed by atoms with Gasteiger partial charge in [-0.2, -0.15) is 0 Å². The number of carbonyl (C=O) groups is 1. The lowest BCUT2D eigenvalue weighted by Gasteiger charge is -2.11. The van der Waals surface area contributed by atoms with Crippen LogP contribution >= 0.6 is 0 Å². The summed E-state index contributed by atoms with van der Waals surface area (Å²) in [4.78, 5) is 13.0. The lowest BCUT2D eigenvalue weighted by atomic mass is 10.1. The quantitative estimate of drug-likeness (QED) is 0.307. The van der Waals surface area contributed by atoms with E-state index in [2.05, 4.69) is 5.32 Å². The number of methoxy groups -OCH3 is 2. The Morgan fingerprint density at radius 2 is 1.59 bits per heavy atom. The summed E-state index contributed by atoms with van der Waals surface area (Å²) in [6.07, 6.45) is 0. The second-order valence-corrected chi connectivity index (χ2v) is 7.77. The van der Waals surface area contributed by atoms with Gasteiger partial charge in [-0.3, -0.25) is 4.79 Å². The molecule has 4 aromatic carbocycles. The Morgan fingerprint density at radius 3 is 2.38 bits per heavy atom. The molecule has 1 aromatic heterocycles. The molecule has 0 aliphatic rings. The number of fused-ring (bicyclic) bond motifs is 3. The first-order valence-electron chi connectivity index (χ1n) is 10.8. The number of hydrogen-bond acceptors (Lipinski definition) is 5. The van der Waals surface area contributed by atoms with Crippen LogP contribution < -0.4 is 19.5 Å². The van der Waals surface area contributed by atoms with Crippen LogP contribution in [0, 0.1) is 0 Å². The Morgan fingerprint density at radius 1 is 0.794 bits per heavy atom. The number of benzene rings is 4. The number of para-hydroxylation sites is 1. The predicted molar refractivity (Wildman–Crippen MR) is 132 cm³/mol. The summed E-state index contributed by atoms with van der Waals surface area (Å²) in [6, 6.07) is 26.2. The van der Waals surface area contributed by atoms with Crippen molar-refractivity contribution in [1.82, 2.24) is 0 Å². The highest BCUT2D eigenvalue weighted by Crippen LogP contribution is 2.36. The lowest BCUT2D eigenvalue weighted by molar-refractivity contribution is 0.102. The third-order valence-corrected chi connectivity index (χ3v) is 5.60. The number of carbonyl (C=O) groups excluding carboxylic acids is 1. The van der Waals surface area contributed by atoms with E-state index in [1.807, 2.05) is 72.8 Å². The maximum atomic E-state index is 13.0. The highest BCUT2D eigenvalue weighted by molar-refractivity contribution is 6.10. The maximum Gasteiger partial charge on any atom is 0.255 e. The Bertz CT molecular complexity index is 1470. The monoisotopic (exact) mass is 453 g/mol. The van der Waals surface area contributed by atoms with Gasteiger partial charge in [-0.15, -0.1) is 0 Å². The number of furan rings is 1. The van der Waals surface area contributed by atoms with E-state index in [0.717, 1.165) is 33.4 Å². The van der Waals surface area contributed by atoms with Crippen LogP contribution in [0.3, 0.4) is 0 Å². The fraction of sp³-hybridized carbons (Fsp3) is 0.107. The number of hydrogen-bond donors (Lipinski definition) is 1. The van der Waals surface area contributed by atoms with Gasteiger partial charge in [0, 0.05) is 22.4 Å². The summed E-state index contributed by atoms with van der Waals surface area (Å²) in [5.74, 6) is 1.80. The van der Waals surface area contributed by atoms with Crippen molar-refractivity contribution in [2.24, 2.45) is 0 Å². The molecular weight excluding hydrogens is 430 g/mol. The van der Waals surface area contributed by atoms with E-state index < -0.39 is 0 Å². The summed E-state index contributed by atoms with van der Waals surface area (Å²) in [5, 5.41) is 4.88. The van der Waals surface area contributed by atoms with E-state index in [9.17, 15) is 4.79 Å². The van der Waals surface area contributed by atoms with Crippen molar-refractivity contribution in [1.29, 1.82) is 0 Å². The van der Waals surface area contributed by atoms with Crippen molar-refractivity contribution in [3.63, 3.8) is 0 Å². The molecule has 170 valence electrons. The molecule has 0 fully saturated rings.